The molecule has 0 radical (unpaired) electrons. The van der Waals surface area contributed by atoms with Crippen LogP contribution in [0.4, 0.5) is 13.2 Å². The van der Waals surface area contributed by atoms with Crippen LogP contribution in [0.3, 0.4) is 0 Å². The maximum Gasteiger partial charge on any atom is 0.418 e. The van der Waals surface area contributed by atoms with Crippen LogP contribution in [0.15, 0.2) is 108 Å². The Kier molecular flexibility index (Phi) is 8.13. The number of nitrogens with zero attached hydrogens (tertiary/aromatic N) is 1. The predicted molar refractivity (Wildman–Crippen MR) is 155 cm³/mol. The van der Waals surface area contributed by atoms with Gasteiger partial charge < -0.3 is 4.74 Å². The molecule has 1 aromatic heterocycles. The van der Waals surface area contributed by atoms with Gasteiger partial charge in [-0.25, -0.2) is 8.42 Å². The van der Waals surface area contributed by atoms with Crippen molar-refractivity contribution < 1.29 is 26.3 Å². The van der Waals surface area contributed by atoms with Gasteiger partial charge in [-0.15, -0.1) is 0 Å². The number of benzene rings is 4. The Labute approximate surface area is 237 Å². The number of aromatic nitrogens is 1. The molecule has 0 fully saturated rings. The summed E-state index contributed by atoms with van der Waals surface area (Å²) in [5.74, 6) is 0.999. The number of hydrogen-bond acceptors (Lipinski definition) is 4. The molecule has 0 bridgehead atoms. The number of halogens is 3. The highest BCUT2D eigenvalue weighted by atomic mass is 32.2. The van der Waals surface area contributed by atoms with Gasteiger partial charge in [-0.05, 0) is 77.6 Å². The molecule has 0 aliphatic heterocycles. The SMILES string of the molecule is CCCCS(=O)(=O)c1ccc(Oc2cccc(-c3c(Cc4ccccc4)cnc4c(C(F)(F)F)cccc34)c2)cc1. The van der Waals surface area contributed by atoms with E-state index < -0.39 is 21.6 Å². The summed E-state index contributed by atoms with van der Waals surface area (Å²) in [6, 6.07) is 27.2. The zero-order chi connectivity index (χ0) is 29.0. The summed E-state index contributed by atoms with van der Waals surface area (Å²) in [5, 5.41) is 0.395. The Hall–Kier alpha value is -4.17. The third-order valence-electron chi connectivity index (χ3n) is 6.83. The van der Waals surface area contributed by atoms with Crippen molar-refractivity contribution in [1.82, 2.24) is 4.98 Å². The van der Waals surface area contributed by atoms with E-state index in [4.69, 9.17) is 4.74 Å². The molecule has 0 saturated carbocycles. The van der Waals surface area contributed by atoms with Gasteiger partial charge in [0.15, 0.2) is 9.84 Å². The highest BCUT2D eigenvalue weighted by molar-refractivity contribution is 7.91. The number of unbranched alkanes of at least 4 members (excludes halogenated alkanes) is 1. The third-order valence-corrected chi connectivity index (χ3v) is 8.64. The zero-order valence-electron chi connectivity index (χ0n) is 22.4. The van der Waals surface area contributed by atoms with Crippen molar-refractivity contribution in [2.45, 2.75) is 37.3 Å². The van der Waals surface area contributed by atoms with Crippen LogP contribution in [-0.4, -0.2) is 19.2 Å². The van der Waals surface area contributed by atoms with Crippen molar-refractivity contribution in [2.24, 2.45) is 0 Å². The van der Waals surface area contributed by atoms with E-state index in [0.29, 0.717) is 40.9 Å². The maximum absolute atomic E-state index is 13.9. The molecule has 0 saturated heterocycles. The summed E-state index contributed by atoms with van der Waals surface area (Å²) >= 11 is 0. The first kappa shape index (κ1) is 28.4. The van der Waals surface area contributed by atoms with Crippen molar-refractivity contribution in [1.29, 1.82) is 0 Å². The smallest absolute Gasteiger partial charge is 0.418 e. The largest absolute Gasteiger partial charge is 0.457 e. The zero-order valence-corrected chi connectivity index (χ0v) is 23.2. The van der Waals surface area contributed by atoms with Crippen molar-refractivity contribution in [3.8, 4) is 22.6 Å². The number of pyridine rings is 1. The van der Waals surface area contributed by atoms with E-state index in [1.807, 2.05) is 43.3 Å². The molecule has 5 aromatic rings. The number of fused-ring (bicyclic) bond motifs is 1. The summed E-state index contributed by atoms with van der Waals surface area (Å²) in [4.78, 5) is 4.50. The van der Waals surface area contributed by atoms with Crippen LogP contribution in [0.1, 0.15) is 36.5 Å². The molecule has 4 aromatic carbocycles. The van der Waals surface area contributed by atoms with Crippen LogP contribution < -0.4 is 4.74 Å². The molecule has 4 nitrogen and oxygen atoms in total. The Bertz CT molecular complexity index is 1770. The van der Waals surface area contributed by atoms with E-state index >= 15 is 0 Å². The van der Waals surface area contributed by atoms with Crippen molar-refractivity contribution in [2.75, 3.05) is 5.75 Å². The van der Waals surface area contributed by atoms with Gasteiger partial charge in [-0.1, -0.05) is 67.9 Å². The minimum atomic E-state index is -4.55. The fraction of sp³-hybridized carbons (Fsp3) is 0.182. The highest BCUT2D eigenvalue weighted by Crippen LogP contribution is 2.40. The summed E-state index contributed by atoms with van der Waals surface area (Å²) in [5.41, 5.74) is 2.21. The molecule has 8 heteroatoms. The second kappa shape index (κ2) is 11.7. The Balaban J connectivity index is 1.55. The van der Waals surface area contributed by atoms with Crippen molar-refractivity contribution in [3.05, 3.63) is 120 Å². The Morgan fingerprint density at radius 1 is 0.829 bits per heavy atom. The van der Waals surface area contributed by atoms with Crippen LogP contribution >= 0.6 is 0 Å². The minimum absolute atomic E-state index is 0.0903. The number of sulfone groups is 1. The molecular weight excluding hydrogens is 547 g/mol. The lowest BCUT2D eigenvalue weighted by Crippen LogP contribution is -2.07. The lowest BCUT2D eigenvalue weighted by Gasteiger charge is -2.17. The van der Waals surface area contributed by atoms with Gasteiger partial charge in [-0.2, -0.15) is 13.2 Å². The highest BCUT2D eigenvalue weighted by Gasteiger charge is 2.33. The van der Waals surface area contributed by atoms with E-state index in [9.17, 15) is 21.6 Å². The van der Waals surface area contributed by atoms with E-state index in [1.54, 1.807) is 36.4 Å². The van der Waals surface area contributed by atoms with Gasteiger partial charge in [0.05, 0.1) is 21.7 Å². The van der Waals surface area contributed by atoms with Crippen LogP contribution in [0, 0.1) is 0 Å². The van der Waals surface area contributed by atoms with Crippen LogP contribution in [0.25, 0.3) is 22.0 Å². The monoisotopic (exact) mass is 575 g/mol. The average Bonchev–Trinajstić information content (AvgIpc) is 2.96. The van der Waals surface area contributed by atoms with E-state index in [0.717, 1.165) is 23.6 Å². The molecule has 0 amide bonds. The number of hydrogen-bond donors (Lipinski definition) is 0. The molecule has 0 aliphatic rings. The van der Waals surface area contributed by atoms with Crippen LogP contribution in [0.5, 0.6) is 11.5 Å². The quantitative estimate of drug-likeness (QED) is 0.176. The predicted octanol–water partition coefficient (Wildman–Crippen LogP) is 8.88. The molecule has 1 heterocycles. The van der Waals surface area contributed by atoms with Gasteiger partial charge in [0, 0.05) is 11.6 Å². The minimum Gasteiger partial charge on any atom is -0.457 e. The normalized spacial score (nSPS) is 12.0. The van der Waals surface area contributed by atoms with Gasteiger partial charge >= 0.3 is 6.18 Å². The molecule has 210 valence electrons. The van der Waals surface area contributed by atoms with E-state index in [2.05, 4.69) is 4.98 Å². The van der Waals surface area contributed by atoms with Gasteiger partial charge in [0.25, 0.3) is 0 Å². The number of alkyl halides is 3. The topological polar surface area (TPSA) is 56.3 Å². The summed E-state index contributed by atoms with van der Waals surface area (Å²) < 4.78 is 72.7. The first-order valence-corrected chi connectivity index (χ1v) is 14.9. The lowest BCUT2D eigenvalue weighted by atomic mass is 9.92. The van der Waals surface area contributed by atoms with Gasteiger partial charge in [0.2, 0.25) is 0 Å². The second-order valence-electron chi connectivity index (χ2n) is 9.79. The molecule has 41 heavy (non-hydrogen) atoms. The molecule has 0 unspecified atom stereocenters. The second-order valence-corrected chi connectivity index (χ2v) is 11.9. The standard InChI is InChI=1S/C33H28F3NO3S/c1-2-3-19-41(38,39)28-17-15-26(16-18-28)40-27-12-7-11-24(21-27)31-25(20-23-9-5-4-6-10-23)22-37-32-29(31)13-8-14-30(32)33(34,35)36/h4-18,21-22H,2-3,19-20H2,1H3. The first-order valence-electron chi connectivity index (χ1n) is 13.3. The third kappa shape index (κ3) is 6.43. The molecule has 0 spiro atoms. The average molecular weight is 576 g/mol. The van der Waals surface area contributed by atoms with E-state index in [-0.39, 0.29) is 16.2 Å². The maximum atomic E-state index is 13.9. The number of para-hydroxylation sites is 1. The fourth-order valence-electron chi connectivity index (χ4n) is 4.80. The lowest BCUT2D eigenvalue weighted by molar-refractivity contribution is -0.136. The fourth-order valence-corrected chi connectivity index (χ4v) is 6.26. The molecular formula is C33H28F3NO3S. The van der Waals surface area contributed by atoms with Crippen LogP contribution in [0.2, 0.25) is 0 Å². The number of rotatable bonds is 9. The summed E-state index contributed by atoms with van der Waals surface area (Å²) in [7, 11) is -3.36. The van der Waals surface area contributed by atoms with Crippen molar-refractivity contribution in [3.63, 3.8) is 0 Å². The number of ether oxygens (including phenoxy) is 1. The van der Waals surface area contributed by atoms with Gasteiger partial charge in [0.1, 0.15) is 11.5 Å². The first-order chi connectivity index (χ1) is 19.7. The Morgan fingerprint density at radius 2 is 1.56 bits per heavy atom. The molecule has 5 rings (SSSR count). The molecule has 0 atom stereocenters. The van der Waals surface area contributed by atoms with Gasteiger partial charge in [-0.3, -0.25) is 4.98 Å². The molecule has 0 N–H and O–H groups in total. The Morgan fingerprint density at radius 3 is 2.27 bits per heavy atom. The summed E-state index contributed by atoms with van der Waals surface area (Å²) in [6.07, 6.45) is -1.17. The van der Waals surface area contributed by atoms with E-state index in [1.165, 1.54) is 24.4 Å². The van der Waals surface area contributed by atoms with Crippen LogP contribution in [-0.2, 0) is 22.4 Å². The molecule has 0 aliphatic carbocycles. The summed E-state index contributed by atoms with van der Waals surface area (Å²) in [6.45, 7) is 1.94. The van der Waals surface area contributed by atoms with Crippen molar-refractivity contribution >= 4 is 20.7 Å².